The predicted octanol–water partition coefficient (Wildman–Crippen LogP) is 3.43. The summed E-state index contributed by atoms with van der Waals surface area (Å²) in [5.74, 6) is 1.47. The van der Waals surface area contributed by atoms with Gasteiger partial charge in [0.1, 0.15) is 0 Å². The van der Waals surface area contributed by atoms with Crippen LogP contribution in [0.4, 0.5) is 0 Å². The second-order valence-corrected chi connectivity index (χ2v) is 6.41. The number of ether oxygens (including phenoxy) is 2. The summed E-state index contributed by atoms with van der Waals surface area (Å²) in [5, 5.41) is 4.54. The molecular formula is C21H20N2O3. The van der Waals surface area contributed by atoms with Crippen molar-refractivity contribution in [3.8, 4) is 22.8 Å². The third-order valence-electron chi connectivity index (χ3n) is 4.36. The van der Waals surface area contributed by atoms with E-state index in [-0.39, 0.29) is 5.56 Å². The fourth-order valence-electron chi connectivity index (χ4n) is 2.91. The molecule has 0 bridgehead atoms. The molecule has 0 atom stereocenters. The maximum absolute atomic E-state index is 12.2. The minimum Gasteiger partial charge on any atom is -0.490 e. The first-order valence-electron chi connectivity index (χ1n) is 8.73. The highest BCUT2D eigenvalue weighted by atomic mass is 16.5. The summed E-state index contributed by atoms with van der Waals surface area (Å²) in [4.78, 5) is 12.2. The number of hydrogen-bond acceptors (Lipinski definition) is 4. The van der Waals surface area contributed by atoms with Crippen molar-refractivity contribution >= 4 is 0 Å². The summed E-state index contributed by atoms with van der Waals surface area (Å²) < 4.78 is 12.9. The molecule has 0 unspecified atom stereocenters. The lowest BCUT2D eigenvalue weighted by Crippen LogP contribution is -2.22. The van der Waals surface area contributed by atoms with Gasteiger partial charge in [-0.15, -0.1) is 0 Å². The Morgan fingerprint density at radius 1 is 0.962 bits per heavy atom. The van der Waals surface area contributed by atoms with Crippen molar-refractivity contribution in [1.82, 2.24) is 9.78 Å². The smallest absolute Gasteiger partial charge is 0.267 e. The second kappa shape index (κ2) is 7.04. The quantitative estimate of drug-likeness (QED) is 0.728. The van der Waals surface area contributed by atoms with Gasteiger partial charge in [0.15, 0.2) is 11.5 Å². The molecule has 1 aromatic heterocycles. The molecule has 4 rings (SSSR count). The van der Waals surface area contributed by atoms with Gasteiger partial charge in [0.05, 0.1) is 25.5 Å². The summed E-state index contributed by atoms with van der Waals surface area (Å²) >= 11 is 0. The van der Waals surface area contributed by atoms with Crippen LogP contribution in [0.5, 0.6) is 11.5 Å². The molecule has 26 heavy (non-hydrogen) atoms. The van der Waals surface area contributed by atoms with Crippen LogP contribution in [0, 0.1) is 6.92 Å². The molecule has 0 N–H and O–H groups in total. The largest absolute Gasteiger partial charge is 0.490 e. The van der Waals surface area contributed by atoms with E-state index in [2.05, 4.69) is 5.10 Å². The van der Waals surface area contributed by atoms with Crippen molar-refractivity contribution in [2.75, 3.05) is 13.2 Å². The molecule has 1 aliphatic rings. The molecule has 5 nitrogen and oxygen atoms in total. The van der Waals surface area contributed by atoms with E-state index >= 15 is 0 Å². The van der Waals surface area contributed by atoms with Crippen molar-refractivity contribution < 1.29 is 9.47 Å². The van der Waals surface area contributed by atoms with Crippen LogP contribution in [0.1, 0.15) is 17.5 Å². The van der Waals surface area contributed by atoms with Crippen LogP contribution < -0.4 is 15.0 Å². The zero-order valence-electron chi connectivity index (χ0n) is 14.6. The van der Waals surface area contributed by atoms with Crippen molar-refractivity contribution in [3.05, 3.63) is 76.1 Å². The second-order valence-electron chi connectivity index (χ2n) is 6.41. The van der Waals surface area contributed by atoms with E-state index in [1.807, 2.05) is 49.4 Å². The van der Waals surface area contributed by atoms with Crippen LogP contribution in [-0.2, 0) is 6.54 Å². The molecule has 0 amide bonds. The van der Waals surface area contributed by atoms with Gasteiger partial charge in [-0.1, -0.05) is 29.8 Å². The summed E-state index contributed by atoms with van der Waals surface area (Å²) in [5.41, 5.74) is 3.74. The summed E-state index contributed by atoms with van der Waals surface area (Å²) in [6.07, 6.45) is 0.865. The van der Waals surface area contributed by atoms with Crippen molar-refractivity contribution in [3.63, 3.8) is 0 Å². The number of nitrogens with zero attached hydrogens (tertiary/aromatic N) is 2. The zero-order chi connectivity index (χ0) is 17.9. The summed E-state index contributed by atoms with van der Waals surface area (Å²) in [7, 11) is 0. The molecule has 2 heterocycles. The number of aromatic nitrogens is 2. The maximum atomic E-state index is 12.2. The Hall–Kier alpha value is -3.08. The zero-order valence-corrected chi connectivity index (χ0v) is 14.6. The highest BCUT2D eigenvalue weighted by molar-refractivity contribution is 5.63. The Morgan fingerprint density at radius 2 is 1.73 bits per heavy atom. The molecule has 3 aromatic rings. The Labute approximate surface area is 151 Å². The minimum absolute atomic E-state index is 0.122. The average Bonchev–Trinajstić information content (AvgIpc) is 2.90. The SMILES string of the molecule is Cc1ccc(Cn2nc(-c3ccc4c(c3)OCCCO4)ccc2=O)cc1. The number of benzene rings is 2. The van der Waals surface area contributed by atoms with Crippen molar-refractivity contribution in [2.24, 2.45) is 0 Å². The highest BCUT2D eigenvalue weighted by Gasteiger charge is 2.12. The first-order valence-corrected chi connectivity index (χ1v) is 8.73. The van der Waals surface area contributed by atoms with Gasteiger partial charge in [0.2, 0.25) is 0 Å². The number of aryl methyl sites for hydroxylation is 1. The van der Waals surface area contributed by atoms with Gasteiger partial charge in [0.25, 0.3) is 5.56 Å². The Kier molecular flexibility index (Phi) is 4.44. The van der Waals surface area contributed by atoms with Gasteiger partial charge in [-0.2, -0.15) is 5.10 Å². The van der Waals surface area contributed by atoms with Gasteiger partial charge in [-0.05, 0) is 36.8 Å². The normalized spacial score (nSPS) is 13.3. The minimum atomic E-state index is -0.122. The van der Waals surface area contributed by atoms with Gasteiger partial charge in [-0.25, -0.2) is 4.68 Å². The van der Waals surface area contributed by atoms with Gasteiger partial charge >= 0.3 is 0 Å². The van der Waals surface area contributed by atoms with Crippen LogP contribution >= 0.6 is 0 Å². The Morgan fingerprint density at radius 3 is 2.54 bits per heavy atom. The Balaban J connectivity index is 1.66. The van der Waals surface area contributed by atoms with E-state index in [1.54, 1.807) is 12.1 Å². The van der Waals surface area contributed by atoms with E-state index in [1.165, 1.54) is 10.2 Å². The molecular weight excluding hydrogens is 328 g/mol. The molecule has 132 valence electrons. The lowest BCUT2D eigenvalue weighted by Gasteiger charge is -2.11. The molecule has 0 radical (unpaired) electrons. The van der Waals surface area contributed by atoms with Crippen LogP contribution in [0.3, 0.4) is 0 Å². The third-order valence-corrected chi connectivity index (χ3v) is 4.36. The highest BCUT2D eigenvalue weighted by Crippen LogP contribution is 2.33. The van der Waals surface area contributed by atoms with E-state index in [4.69, 9.17) is 9.47 Å². The van der Waals surface area contributed by atoms with Gasteiger partial charge in [0, 0.05) is 18.1 Å². The lowest BCUT2D eigenvalue weighted by molar-refractivity contribution is 0.297. The fourth-order valence-corrected chi connectivity index (χ4v) is 2.91. The molecule has 5 heteroatoms. The molecule has 0 aliphatic carbocycles. The van der Waals surface area contributed by atoms with Crippen LogP contribution in [0.25, 0.3) is 11.3 Å². The van der Waals surface area contributed by atoms with E-state index < -0.39 is 0 Å². The topological polar surface area (TPSA) is 53.4 Å². The summed E-state index contributed by atoms with van der Waals surface area (Å²) in [6, 6.07) is 17.2. The molecule has 0 spiro atoms. The first kappa shape index (κ1) is 16.4. The maximum Gasteiger partial charge on any atom is 0.267 e. The molecule has 0 saturated carbocycles. The van der Waals surface area contributed by atoms with Crippen molar-refractivity contribution in [1.29, 1.82) is 0 Å². The standard InChI is InChI=1S/C21H20N2O3/c1-15-3-5-16(6-4-15)14-23-21(24)10-8-18(22-23)17-7-9-19-20(13-17)26-12-2-11-25-19/h3-10,13H,2,11-12,14H2,1H3. The molecule has 0 fully saturated rings. The summed E-state index contributed by atoms with van der Waals surface area (Å²) in [6.45, 7) is 3.78. The molecule has 1 aliphatic heterocycles. The number of rotatable bonds is 3. The molecule has 2 aromatic carbocycles. The van der Waals surface area contributed by atoms with Crippen LogP contribution in [-0.4, -0.2) is 23.0 Å². The first-order chi connectivity index (χ1) is 12.7. The predicted molar refractivity (Wildman–Crippen MR) is 99.8 cm³/mol. The van der Waals surface area contributed by atoms with E-state index in [0.717, 1.165) is 34.7 Å². The van der Waals surface area contributed by atoms with Crippen LogP contribution in [0.15, 0.2) is 59.4 Å². The number of fused-ring (bicyclic) bond motifs is 1. The van der Waals surface area contributed by atoms with E-state index in [9.17, 15) is 4.79 Å². The fraction of sp³-hybridized carbons (Fsp3) is 0.238. The number of hydrogen-bond donors (Lipinski definition) is 0. The van der Waals surface area contributed by atoms with Crippen LogP contribution in [0.2, 0.25) is 0 Å². The third kappa shape index (κ3) is 3.47. The Bertz CT molecular complexity index is 977. The van der Waals surface area contributed by atoms with Crippen molar-refractivity contribution in [2.45, 2.75) is 19.9 Å². The monoisotopic (exact) mass is 348 g/mol. The lowest BCUT2D eigenvalue weighted by atomic mass is 10.1. The molecule has 0 saturated heterocycles. The van der Waals surface area contributed by atoms with Gasteiger partial charge in [-0.3, -0.25) is 4.79 Å². The average molecular weight is 348 g/mol. The van der Waals surface area contributed by atoms with Gasteiger partial charge < -0.3 is 9.47 Å². The van der Waals surface area contributed by atoms with E-state index in [0.29, 0.717) is 19.8 Å².